The fraction of sp³-hybridized carbons (Fsp3) is 0.238. The predicted molar refractivity (Wildman–Crippen MR) is 119 cm³/mol. The largest absolute Gasteiger partial charge is 0.469 e. The average Bonchev–Trinajstić information content (AvgIpc) is 3.46. The van der Waals surface area contributed by atoms with Gasteiger partial charge in [-0.1, -0.05) is 42.1 Å². The lowest BCUT2D eigenvalue weighted by molar-refractivity contribution is -0.113. The van der Waals surface area contributed by atoms with Gasteiger partial charge in [0.05, 0.1) is 29.3 Å². The Balaban J connectivity index is 1.60. The summed E-state index contributed by atoms with van der Waals surface area (Å²) < 4.78 is 7.53. The zero-order chi connectivity index (χ0) is 21.1. The Morgan fingerprint density at radius 3 is 2.70 bits per heavy atom. The van der Waals surface area contributed by atoms with Crippen LogP contribution in [0.1, 0.15) is 30.0 Å². The van der Waals surface area contributed by atoms with E-state index in [-0.39, 0.29) is 17.7 Å². The third-order valence-corrected chi connectivity index (χ3v) is 6.45. The Labute approximate surface area is 182 Å². The fourth-order valence-corrected chi connectivity index (χ4v) is 4.62. The second-order valence-corrected chi connectivity index (χ2v) is 8.58. The van der Waals surface area contributed by atoms with Crippen molar-refractivity contribution in [2.45, 2.75) is 32.0 Å². The summed E-state index contributed by atoms with van der Waals surface area (Å²) in [6, 6.07) is 12.0. The molecule has 4 aromatic rings. The molecule has 0 saturated heterocycles. The number of aromatic nitrogens is 4. The van der Waals surface area contributed by atoms with Crippen molar-refractivity contribution in [1.29, 1.82) is 0 Å². The highest BCUT2D eigenvalue weighted by molar-refractivity contribution is 7.99. The molecule has 0 saturated carbocycles. The summed E-state index contributed by atoms with van der Waals surface area (Å²) in [7, 11) is 0. The Hall–Kier alpha value is -2.91. The maximum atomic E-state index is 12.4. The summed E-state index contributed by atoms with van der Waals surface area (Å²) in [6.45, 7) is 5.89. The zero-order valence-electron chi connectivity index (χ0n) is 16.8. The zero-order valence-corrected chi connectivity index (χ0v) is 18.5. The summed E-state index contributed by atoms with van der Waals surface area (Å²) in [5.41, 5.74) is 2.91. The summed E-state index contributed by atoms with van der Waals surface area (Å²) in [6.07, 6.45) is 1.65. The third-order valence-electron chi connectivity index (χ3n) is 4.63. The summed E-state index contributed by atoms with van der Waals surface area (Å²) in [4.78, 5) is 16.7. The van der Waals surface area contributed by atoms with Crippen molar-refractivity contribution in [3.05, 3.63) is 65.1 Å². The number of carbonyl (C=O) groups excluding carboxylic acids is 1. The van der Waals surface area contributed by atoms with Crippen LogP contribution in [0.4, 0.5) is 5.13 Å². The van der Waals surface area contributed by atoms with Gasteiger partial charge < -0.3 is 9.73 Å². The second kappa shape index (κ2) is 8.85. The van der Waals surface area contributed by atoms with Gasteiger partial charge in [-0.3, -0.25) is 9.36 Å². The first-order chi connectivity index (χ1) is 14.5. The lowest BCUT2D eigenvalue weighted by Gasteiger charge is -2.18. The minimum Gasteiger partial charge on any atom is -0.469 e. The van der Waals surface area contributed by atoms with E-state index in [0.717, 1.165) is 28.4 Å². The smallest absolute Gasteiger partial charge is 0.236 e. The SMILES string of the molecule is Cc1csc(NC(=O)CSc2nnc(-c3ccoc3C)n2C(C)c2ccccc2)n1. The molecule has 1 aromatic carbocycles. The van der Waals surface area contributed by atoms with Crippen LogP contribution in [0.2, 0.25) is 0 Å². The third kappa shape index (κ3) is 4.31. The standard InChI is InChI=1S/C21H21N5O2S2/c1-13-11-29-20(22-13)23-18(27)12-30-21-25-24-19(17-9-10-28-15(17)3)26(21)14(2)16-7-5-4-6-8-16/h4-11,14H,12H2,1-3H3,(H,22,23,27). The van der Waals surface area contributed by atoms with Crippen LogP contribution in [0, 0.1) is 13.8 Å². The fourth-order valence-electron chi connectivity index (χ4n) is 3.10. The molecule has 0 aliphatic carbocycles. The number of carbonyl (C=O) groups is 1. The van der Waals surface area contributed by atoms with Gasteiger partial charge in [0.15, 0.2) is 16.1 Å². The number of thiazole rings is 1. The molecule has 0 bridgehead atoms. The van der Waals surface area contributed by atoms with Crippen LogP contribution in [0.3, 0.4) is 0 Å². The van der Waals surface area contributed by atoms with Gasteiger partial charge in [0, 0.05) is 5.38 Å². The number of amides is 1. The van der Waals surface area contributed by atoms with Crippen LogP contribution in [0.15, 0.2) is 57.6 Å². The Morgan fingerprint density at radius 2 is 2.03 bits per heavy atom. The summed E-state index contributed by atoms with van der Waals surface area (Å²) >= 11 is 2.76. The van der Waals surface area contributed by atoms with Gasteiger partial charge in [-0.2, -0.15) is 0 Å². The number of rotatable bonds is 7. The number of hydrogen-bond donors (Lipinski definition) is 1. The lowest BCUT2D eigenvalue weighted by atomic mass is 10.1. The van der Waals surface area contributed by atoms with Crippen LogP contribution >= 0.6 is 23.1 Å². The van der Waals surface area contributed by atoms with Crippen molar-refractivity contribution in [3.63, 3.8) is 0 Å². The summed E-state index contributed by atoms with van der Waals surface area (Å²) in [5.74, 6) is 1.58. The Morgan fingerprint density at radius 1 is 1.23 bits per heavy atom. The predicted octanol–water partition coefficient (Wildman–Crippen LogP) is 4.95. The number of anilines is 1. The van der Waals surface area contributed by atoms with Gasteiger partial charge in [0.2, 0.25) is 5.91 Å². The van der Waals surface area contributed by atoms with E-state index >= 15 is 0 Å². The number of aryl methyl sites for hydroxylation is 2. The Kier molecular flexibility index (Phi) is 6.01. The molecule has 30 heavy (non-hydrogen) atoms. The van der Waals surface area contributed by atoms with E-state index in [1.54, 1.807) is 6.26 Å². The van der Waals surface area contributed by atoms with E-state index in [0.29, 0.717) is 10.3 Å². The van der Waals surface area contributed by atoms with Gasteiger partial charge in [-0.15, -0.1) is 21.5 Å². The number of furan rings is 1. The van der Waals surface area contributed by atoms with E-state index in [2.05, 4.69) is 44.1 Å². The molecule has 3 heterocycles. The van der Waals surface area contributed by atoms with E-state index in [9.17, 15) is 4.79 Å². The first-order valence-corrected chi connectivity index (χ1v) is 11.3. The van der Waals surface area contributed by atoms with Gasteiger partial charge in [-0.05, 0) is 32.4 Å². The molecule has 9 heteroatoms. The minimum absolute atomic E-state index is 0.0160. The number of nitrogens with one attached hydrogen (secondary N) is 1. The quantitative estimate of drug-likeness (QED) is 0.410. The van der Waals surface area contributed by atoms with Crippen molar-refractivity contribution in [2.75, 3.05) is 11.1 Å². The molecule has 0 radical (unpaired) electrons. The van der Waals surface area contributed by atoms with Gasteiger partial charge in [0.25, 0.3) is 0 Å². The van der Waals surface area contributed by atoms with E-state index in [1.165, 1.54) is 23.1 Å². The minimum atomic E-state index is -0.127. The highest BCUT2D eigenvalue weighted by Crippen LogP contribution is 2.32. The molecule has 1 atom stereocenters. The van der Waals surface area contributed by atoms with E-state index in [1.807, 2.05) is 43.5 Å². The van der Waals surface area contributed by atoms with E-state index < -0.39 is 0 Å². The van der Waals surface area contributed by atoms with Gasteiger partial charge in [-0.25, -0.2) is 4.98 Å². The van der Waals surface area contributed by atoms with Crippen molar-refractivity contribution in [1.82, 2.24) is 19.7 Å². The molecular weight excluding hydrogens is 418 g/mol. The number of thioether (sulfide) groups is 1. The second-order valence-electron chi connectivity index (χ2n) is 6.78. The maximum Gasteiger partial charge on any atom is 0.236 e. The topological polar surface area (TPSA) is 85.8 Å². The molecule has 1 N–H and O–H groups in total. The Bertz CT molecular complexity index is 1150. The monoisotopic (exact) mass is 439 g/mol. The van der Waals surface area contributed by atoms with Crippen LogP contribution in [-0.4, -0.2) is 31.4 Å². The summed E-state index contributed by atoms with van der Waals surface area (Å²) in [5, 5.41) is 14.8. The lowest BCUT2D eigenvalue weighted by Crippen LogP contribution is -2.15. The normalized spacial score (nSPS) is 12.1. The molecule has 7 nitrogen and oxygen atoms in total. The van der Waals surface area contributed by atoms with Crippen molar-refractivity contribution < 1.29 is 9.21 Å². The molecular formula is C21H21N5O2S2. The van der Waals surface area contributed by atoms with Crippen LogP contribution < -0.4 is 5.32 Å². The molecule has 1 unspecified atom stereocenters. The number of benzene rings is 1. The van der Waals surface area contributed by atoms with Crippen LogP contribution in [0.5, 0.6) is 0 Å². The van der Waals surface area contributed by atoms with Gasteiger partial charge in [0.1, 0.15) is 5.76 Å². The molecule has 0 fully saturated rings. The number of nitrogens with zero attached hydrogens (tertiary/aromatic N) is 4. The molecule has 1 amide bonds. The highest BCUT2D eigenvalue weighted by Gasteiger charge is 2.23. The molecule has 0 aliphatic heterocycles. The van der Waals surface area contributed by atoms with Crippen molar-refractivity contribution >= 4 is 34.1 Å². The van der Waals surface area contributed by atoms with Crippen molar-refractivity contribution in [2.24, 2.45) is 0 Å². The van der Waals surface area contributed by atoms with Crippen molar-refractivity contribution in [3.8, 4) is 11.4 Å². The van der Waals surface area contributed by atoms with Crippen LogP contribution in [0.25, 0.3) is 11.4 Å². The first-order valence-electron chi connectivity index (χ1n) is 9.42. The van der Waals surface area contributed by atoms with E-state index in [4.69, 9.17) is 4.42 Å². The number of hydrogen-bond acceptors (Lipinski definition) is 7. The van der Waals surface area contributed by atoms with Crippen LogP contribution in [-0.2, 0) is 4.79 Å². The molecule has 154 valence electrons. The highest BCUT2D eigenvalue weighted by atomic mass is 32.2. The molecule has 4 rings (SSSR count). The van der Waals surface area contributed by atoms with Gasteiger partial charge >= 0.3 is 0 Å². The maximum absolute atomic E-state index is 12.4. The molecule has 0 aliphatic rings. The average molecular weight is 440 g/mol. The molecule has 3 aromatic heterocycles. The first kappa shape index (κ1) is 20.4. The molecule has 0 spiro atoms.